The van der Waals surface area contributed by atoms with Gasteiger partial charge in [0.15, 0.2) is 0 Å². The quantitative estimate of drug-likeness (QED) is 0.234. The van der Waals surface area contributed by atoms with Gasteiger partial charge in [-0.15, -0.1) is 0 Å². The molecule has 0 saturated heterocycles. The van der Waals surface area contributed by atoms with Crippen LogP contribution in [0.3, 0.4) is 0 Å². The fraction of sp³-hybridized carbons (Fsp3) is 0. The van der Waals surface area contributed by atoms with E-state index in [-0.39, 0.29) is 155 Å². The minimum Gasteiger partial charge on any atom is -1.00 e. The van der Waals surface area contributed by atoms with Crippen molar-refractivity contribution in [3.05, 3.63) is 0 Å². The summed E-state index contributed by atoms with van der Waals surface area (Å²) in [5.41, 5.74) is 0. The van der Waals surface area contributed by atoms with E-state index in [0.717, 1.165) is 0 Å². The summed E-state index contributed by atoms with van der Waals surface area (Å²) in [5, 5.41) is 0. The zero-order chi connectivity index (χ0) is 4.50. The van der Waals surface area contributed by atoms with Crippen molar-refractivity contribution in [2.24, 2.45) is 0 Å². The van der Waals surface area contributed by atoms with Gasteiger partial charge in [-0.25, -0.2) is 0 Å². The molecule has 0 spiro atoms. The summed E-state index contributed by atoms with van der Waals surface area (Å²) < 4.78 is 34.1. The molecule has 40 valence electrons. The predicted molar refractivity (Wildman–Crippen MR) is 26.4 cm³/mol. The number of hydrogen-bond acceptors (Lipinski definition) is 4. The molecule has 0 aromatic heterocycles. The van der Waals surface area contributed by atoms with Gasteiger partial charge in [-0.3, -0.25) is 8.42 Å². The van der Waals surface area contributed by atoms with Crippen molar-refractivity contribution in [1.29, 1.82) is 0 Å². The van der Waals surface area contributed by atoms with Gasteiger partial charge in [0, 0.05) is 10.4 Å². The summed E-state index contributed by atoms with van der Waals surface area (Å²) >= 11 is 0. The standard InChI is InChI=1S/2K.2Mg.H2O4S.4H/c;;;;1-5(2,3)4;;;;/h;;;;(H2,1,2,3,4);;;;/q2*+1;2*+2;;4*-1/p-2. The van der Waals surface area contributed by atoms with Crippen LogP contribution in [-0.2, 0) is 10.4 Å². The monoisotopic (exact) mass is 226 g/mol. The maximum absolute atomic E-state index is 8.52. The van der Waals surface area contributed by atoms with Crippen molar-refractivity contribution in [3.8, 4) is 0 Å². The van der Waals surface area contributed by atoms with E-state index < -0.39 is 10.4 Å². The molecule has 0 fully saturated rings. The summed E-state index contributed by atoms with van der Waals surface area (Å²) in [6, 6.07) is 0. The topological polar surface area (TPSA) is 80.3 Å². The van der Waals surface area contributed by atoms with E-state index in [1.54, 1.807) is 0 Å². The minimum absolute atomic E-state index is 0. The van der Waals surface area contributed by atoms with E-state index in [0.29, 0.717) is 0 Å². The molecule has 4 nitrogen and oxygen atoms in total. The van der Waals surface area contributed by atoms with Crippen LogP contribution in [0.15, 0.2) is 0 Å². The average molecular weight is 227 g/mol. The Kier molecular flexibility index (Phi) is 49.2. The first kappa shape index (κ1) is 29.2. The largest absolute Gasteiger partial charge is 2.00 e. The van der Waals surface area contributed by atoms with Crippen LogP contribution in [0.1, 0.15) is 5.71 Å². The van der Waals surface area contributed by atoms with E-state index in [1.165, 1.54) is 0 Å². The predicted octanol–water partition coefficient (Wildman–Crippen LogP) is -7.64. The van der Waals surface area contributed by atoms with Crippen molar-refractivity contribution in [2.75, 3.05) is 0 Å². The summed E-state index contributed by atoms with van der Waals surface area (Å²) in [6.07, 6.45) is 0. The van der Waals surface area contributed by atoms with Crippen molar-refractivity contribution in [2.45, 2.75) is 0 Å². The molecule has 0 rings (SSSR count). The molecule has 0 aliphatic carbocycles. The second kappa shape index (κ2) is 15.2. The summed E-state index contributed by atoms with van der Waals surface area (Å²) in [5.74, 6) is 0. The zero-order valence-electron chi connectivity index (χ0n) is 9.46. The van der Waals surface area contributed by atoms with Crippen molar-refractivity contribution >= 4 is 56.5 Å². The molecule has 0 saturated carbocycles. The molecule has 0 aliphatic heterocycles. The second-order valence-corrected chi connectivity index (χ2v) is 1.22. The van der Waals surface area contributed by atoms with E-state index in [2.05, 4.69) is 0 Å². The van der Waals surface area contributed by atoms with E-state index in [1.807, 2.05) is 0 Å². The molecule has 0 atom stereocenters. The molecule has 9 heavy (non-hydrogen) atoms. The third-order valence-corrected chi connectivity index (χ3v) is 0. The Labute approximate surface area is 177 Å². The van der Waals surface area contributed by atoms with Gasteiger partial charge in [-0.2, -0.15) is 0 Å². The molecule has 0 radical (unpaired) electrons. The maximum atomic E-state index is 8.52. The Morgan fingerprint density at radius 1 is 1.00 bits per heavy atom. The van der Waals surface area contributed by atoms with Gasteiger partial charge in [-0.05, 0) is 0 Å². The van der Waals surface area contributed by atoms with Crippen LogP contribution in [0, 0.1) is 0 Å². The van der Waals surface area contributed by atoms with E-state index in [9.17, 15) is 0 Å². The zero-order valence-corrected chi connectivity index (χ0v) is 15.3. The minimum atomic E-state index is -5.17. The van der Waals surface area contributed by atoms with Crippen molar-refractivity contribution in [1.82, 2.24) is 0 Å². The van der Waals surface area contributed by atoms with Crippen LogP contribution < -0.4 is 103 Å². The van der Waals surface area contributed by atoms with Crippen molar-refractivity contribution in [3.63, 3.8) is 0 Å². The summed E-state index contributed by atoms with van der Waals surface area (Å²) in [7, 11) is -5.17. The number of hydrogen-bond donors (Lipinski definition) is 0. The normalized spacial score (nSPS) is 6.44. The van der Waals surface area contributed by atoms with Crippen LogP contribution in [0.2, 0.25) is 0 Å². The maximum Gasteiger partial charge on any atom is 2.00 e. The third kappa shape index (κ3) is 66.1. The van der Waals surface area contributed by atoms with Gasteiger partial charge in [0.25, 0.3) is 0 Å². The summed E-state index contributed by atoms with van der Waals surface area (Å²) in [4.78, 5) is 0. The Morgan fingerprint density at radius 3 is 1.00 bits per heavy atom. The van der Waals surface area contributed by atoms with Crippen LogP contribution in [0.4, 0.5) is 0 Å². The third-order valence-electron chi connectivity index (χ3n) is 0. The van der Waals surface area contributed by atoms with Gasteiger partial charge in [-0.1, -0.05) is 0 Å². The molecule has 0 aromatic carbocycles. The average Bonchev–Trinajstić information content (AvgIpc) is 0.722. The molecule has 0 heterocycles. The van der Waals surface area contributed by atoms with E-state index >= 15 is 0 Å². The van der Waals surface area contributed by atoms with Crippen LogP contribution in [0.5, 0.6) is 0 Å². The van der Waals surface area contributed by atoms with Crippen molar-refractivity contribution < 1.29 is 126 Å². The summed E-state index contributed by atoms with van der Waals surface area (Å²) in [6.45, 7) is 0. The van der Waals surface area contributed by atoms with E-state index in [4.69, 9.17) is 17.5 Å². The first-order chi connectivity index (χ1) is 2.00. The van der Waals surface area contributed by atoms with Crippen LogP contribution in [-0.4, -0.2) is 63.6 Å². The van der Waals surface area contributed by atoms with Gasteiger partial charge < -0.3 is 14.8 Å². The van der Waals surface area contributed by atoms with Gasteiger partial charge in [0.05, 0.1) is 0 Å². The molecule has 0 aliphatic rings. The Hall–Kier alpha value is 4.68. The Balaban J connectivity index is -0.00000000286. The van der Waals surface area contributed by atoms with Gasteiger partial charge in [0.2, 0.25) is 0 Å². The Bertz CT molecular complexity index is 111. The molecule has 0 aromatic rings. The fourth-order valence-corrected chi connectivity index (χ4v) is 0. The molecule has 0 bridgehead atoms. The smallest absolute Gasteiger partial charge is 1.00 e. The van der Waals surface area contributed by atoms with Crippen LogP contribution >= 0.6 is 0 Å². The molecule has 0 unspecified atom stereocenters. The fourth-order valence-electron chi connectivity index (χ4n) is 0. The molecule has 0 amide bonds. The second-order valence-electron chi connectivity index (χ2n) is 0.408. The number of rotatable bonds is 0. The molecular formula is H4K2Mg2O4S. The Morgan fingerprint density at radius 2 is 1.00 bits per heavy atom. The van der Waals surface area contributed by atoms with Gasteiger partial charge in [0.1, 0.15) is 0 Å². The van der Waals surface area contributed by atoms with Crippen LogP contribution in [0.25, 0.3) is 0 Å². The molecule has 0 N–H and O–H groups in total. The van der Waals surface area contributed by atoms with Gasteiger partial charge >= 0.3 is 149 Å². The SMILES string of the molecule is O=S(=O)([O-])[O-].[H-].[H-].[H-].[H-].[K+].[K+].[Mg+2].[Mg+2]. The molecular weight excluding hydrogens is 223 g/mol. The molecule has 9 heteroatoms. The first-order valence-electron chi connectivity index (χ1n) is 0.667. The first-order valence-corrected chi connectivity index (χ1v) is 2.00.